The number of nitro groups is 1. The maximum absolute atomic E-state index is 11.9. The second-order valence-corrected chi connectivity index (χ2v) is 6.73. The quantitative estimate of drug-likeness (QED) is 0.366. The van der Waals surface area contributed by atoms with Gasteiger partial charge in [-0.05, 0) is 34.6 Å². The molecule has 4 aromatic rings. The van der Waals surface area contributed by atoms with Gasteiger partial charge in [-0.15, -0.1) is 0 Å². The van der Waals surface area contributed by atoms with Gasteiger partial charge in [0.15, 0.2) is 0 Å². The molecule has 0 spiro atoms. The van der Waals surface area contributed by atoms with Gasteiger partial charge in [-0.1, -0.05) is 60.7 Å². The first kappa shape index (κ1) is 19.8. The Hall–Kier alpha value is -4.46. The zero-order valence-corrected chi connectivity index (χ0v) is 16.2. The number of ether oxygens (including phenoxy) is 1. The van der Waals surface area contributed by atoms with E-state index in [0.29, 0.717) is 17.9 Å². The molecule has 0 fully saturated rings. The fraction of sp³-hybridized carbons (Fsp3) is 0.0435. The summed E-state index contributed by atoms with van der Waals surface area (Å²) >= 11 is 0. The largest absolute Gasteiger partial charge is 0.488 e. The predicted octanol–water partition coefficient (Wildman–Crippen LogP) is 3.87. The minimum atomic E-state index is -1.06. The fourth-order valence-corrected chi connectivity index (χ4v) is 3.27. The highest BCUT2D eigenvalue weighted by atomic mass is 16.6. The zero-order chi connectivity index (χ0) is 21.8. The highest BCUT2D eigenvalue weighted by Crippen LogP contribution is 2.31. The van der Waals surface area contributed by atoms with Crippen LogP contribution in [0.4, 0.5) is 5.69 Å². The molecule has 0 atom stereocenters. The Morgan fingerprint density at radius 1 is 0.903 bits per heavy atom. The first-order chi connectivity index (χ1) is 15.0. The van der Waals surface area contributed by atoms with Gasteiger partial charge < -0.3 is 9.72 Å². The molecule has 0 aliphatic carbocycles. The molecule has 2 N–H and O–H groups in total. The number of hydrogen-bond acceptors (Lipinski definition) is 5. The molecule has 8 nitrogen and oxygen atoms in total. The van der Waals surface area contributed by atoms with Crippen molar-refractivity contribution in [2.45, 2.75) is 6.61 Å². The zero-order valence-electron chi connectivity index (χ0n) is 16.2. The number of benzene rings is 3. The summed E-state index contributed by atoms with van der Waals surface area (Å²) in [6.45, 7) is 0.335. The van der Waals surface area contributed by atoms with Crippen LogP contribution in [0.1, 0.15) is 16.8 Å². The van der Waals surface area contributed by atoms with Gasteiger partial charge in [0.05, 0.1) is 4.92 Å². The molecule has 0 aliphatic heterocycles. The second kappa shape index (κ2) is 8.50. The number of nitrogens with zero attached hydrogens (tertiary/aromatic N) is 1. The molecule has 1 heterocycles. The van der Waals surface area contributed by atoms with Crippen molar-refractivity contribution in [1.82, 2.24) is 9.97 Å². The van der Waals surface area contributed by atoms with Gasteiger partial charge in [0.1, 0.15) is 18.1 Å². The van der Waals surface area contributed by atoms with Gasteiger partial charge in [-0.25, -0.2) is 4.79 Å². The lowest BCUT2D eigenvalue weighted by Crippen LogP contribution is -2.25. The number of nitrogens with one attached hydrogen (secondary N) is 2. The third kappa shape index (κ3) is 4.27. The molecule has 0 aliphatic rings. The standard InChI is InChI=1S/C23H17N3O5/c27-22-21(26(29)30)19(24-23(28)25-22)12-11-18-17-9-5-4-8-16(17)10-13-20(18)31-14-15-6-2-1-3-7-15/h1-13H,14H2,(H2,24,25,27,28). The van der Waals surface area contributed by atoms with E-state index < -0.39 is 21.9 Å². The maximum Gasteiger partial charge on any atom is 0.357 e. The molecule has 0 amide bonds. The number of rotatable bonds is 6. The molecule has 4 rings (SSSR count). The van der Waals surface area contributed by atoms with Crippen LogP contribution >= 0.6 is 0 Å². The van der Waals surface area contributed by atoms with Crippen LogP contribution < -0.4 is 16.0 Å². The van der Waals surface area contributed by atoms with Crippen molar-refractivity contribution in [2.75, 3.05) is 0 Å². The van der Waals surface area contributed by atoms with Gasteiger partial charge in [0.25, 0.3) is 0 Å². The van der Waals surface area contributed by atoms with E-state index in [1.165, 1.54) is 6.08 Å². The van der Waals surface area contributed by atoms with Gasteiger partial charge in [0.2, 0.25) is 0 Å². The number of aromatic nitrogens is 2. The third-order valence-corrected chi connectivity index (χ3v) is 4.71. The van der Waals surface area contributed by atoms with Gasteiger partial charge >= 0.3 is 16.9 Å². The van der Waals surface area contributed by atoms with E-state index in [1.54, 1.807) is 6.08 Å². The molecule has 0 saturated heterocycles. The fourth-order valence-electron chi connectivity index (χ4n) is 3.27. The number of fused-ring (bicyclic) bond motifs is 1. The smallest absolute Gasteiger partial charge is 0.357 e. The molecule has 0 unspecified atom stereocenters. The summed E-state index contributed by atoms with van der Waals surface area (Å²) in [7, 11) is 0. The Morgan fingerprint density at radius 3 is 2.42 bits per heavy atom. The minimum absolute atomic E-state index is 0.194. The molecule has 0 saturated carbocycles. The molecule has 0 bridgehead atoms. The van der Waals surface area contributed by atoms with Crippen molar-refractivity contribution in [2.24, 2.45) is 0 Å². The van der Waals surface area contributed by atoms with Crippen molar-refractivity contribution in [3.05, 3.63) is 115 Å². The lowest BCUT2D eigenvalue weighted by atomic mass is 10.0. The molecule has 31 heavy (non-hydrogen) atoms. The first-order valence-corrected chi connectivity index (χ1v) is 9.40. The summed E-state index contributed by atoms with van der Waals surface area (Å²) in [5.74, 6) is 0.564. The minimum Gasteiger partial charge on any atom is -0.488 e. The molecule has 154 valence electrons. The summed E-state index contributed by atoms with van der Waals surface area (Å²) in [5, 5.41) is 13.1. The van der Waals surface area contributed by atoms with E-state index in [4.69, 9.17) is 4.74 Å². The number of hydrogen-bond donors (Lipinski definition) is 2. The number of aromatic amines is 2. The predicted molar refractivity (Wildman–Crippen MR) is 118 cm³/mol. The Labute approximate surface area is 175 Å². The van der Waals surface area contributed by atoms with Gasteiger partial charge in [-0.3, -0.25) is 19.9 Å². The molecule has 1 aromatic heterocycles. The monoisotopic (exact) mass is 415 g/mol. The van der Waals surface area contributed by atoms with Crippen molar-refractivity contribution in [1.29, 1.82) is 0 Å². The van der Waals surface area contributed by atoms with Crippen LogP contribution in [0.15, 0.2) is 76.3 Å². The van der Waals surface area contributed by atoms with E-state index in [9.17, 15) is 19.7 Å². The summed E-state index contributed by atoms with van der Waals surface area (Å²) < 4.78 is 6.02. The molecular weight excluding hydrogens is 398 g/mol. The summed E-state index contributed by atoms with van der Waals surface area (Å²) in [5.41, 5.74) is -1.16. The SMILES string of the molecule is O=c1[nH]c(C=Cc2c(OCc3ccccc3)ccc3ccccc23)c([N+](=O)[O-])c(=O)[nH]1. The van der Waals surface area contributed by atoms with Crippen molar-refractivity contribution < 1.29 is 9.66 Å². The van der Waals surface area contributed by atoms with Crippen LogP contribution in [0.5, 0.6) is 5.75 Å². The Balaban J connectivity index is 1.80. The summed E-state index contributed by atoms with van der Waals surface area (Å²) in [6.07, 6.45) is 2.94. The first-order valence-electron chi connectivity index (χ1n) is 9.40. The van der Waals surface area contributed by atoms with Crippen molar-refractivity contribution in [3.8, 4) is 5.75 Å². The van der Waals surface area contributed by atoms with Crippen molar-refractivity contribution in [3.63, 3.8) is 0 Å². The van der Waals surface area contributed by atoms with Crippen LogP contribution in [-0.2, 0) is 6.61 Å². The van der Waals surface area contributed by atoms with Gasteiger partial charge in [-0.2, -0.15) is 0 Å². The second-order valence-electron chi connectivity index (χ2n) is 6.73. The van der Waals surface area contributed by atoms with Crippen LogP contribution in [-0.4, -0.2) is 14.9 Å². The van der Waals surface area contributed by atoms with E-state index >= 15 is 0 Å². The molecular formula is C23H17N3O5. The average molecular weight is 415 g/mol. The highest BCUT2D eigenvalue weighted by Gasteiger charge is 2.19. The molecule has 0 radical (unpaired) electrons. The number of H-pyrrole nitrogens is 2. The summed E-state index contributed by atoms with van der Waals surface area (Å²) in [6, 6.07) is 21.0. The van der Waals surface area contributed by atoms with Crippen LogP contribution in [0.3, 0.4) is 0 Å². The molecule has 8 heteroatoms. The maximum atomic E-state index is 11.9. The Kier molecular flexibility index (Phi) is 5.44. The molecule has 3 aromatic carbocycles. The Morgan fingerprint density at radius 2 is 1.65 bits per heavy atom. The van der Waals surface area contributed by atoms with E-state index in [0.717, 1.165) is 16.3 Å². The van der Waals surface area contributed by atoms with Crippen LogP contribution in [0.2, 0.25) is 0 Å². The normalized spacial score (nSPS) is 11.1. The highest BCUT2D eigenvalue weighted by molar-refractivity contribution is 5.95. The lowest BCUT2D eigenvalue weighted by Gasteiger charge is -2.12. The van der Waals surface area contributed by atoms with Gasteiger partial charge in [0, 0.05) is 5.56 Å². The topological polar surface area (TPSA) is 118 Å². The van der Waals surface area contributed by atoms with Crippen LogP contribution in [0.25, 0.3) is 22.9 Å². The average Bonchev–Trinajstić information content (AvgIpc) is 2.76. The summed E-state index contributed by atoms with van der Waals surface area (Å²) in [4.78, 5) is 38.2. The van der Waals surface area contributed by atoms with E-state index in [1.807, 2.05) is 71.7 Å². The Bertz CT molecular complexity index is 1400. The van der Waals surface area contributed by atoms with E-state index in [2.05, 4.69) is 4.98 Å². The lowest BCUT2D eigenvalue weighted by molar-refractivity contribution is -0.386. The third-order valence-electron chi connectivity index (χ3n) is 4.71. The van der Waals surface area contributed by atoms with Crippen LogP contribution in [0, 0.1) is 10.1 Å². The van der Waals surface area contributed by atoms with Crippen molar-refractivity contribution >= 4 is 28.6 Å². The van der Waals surface area contributed by atoms with E-state index in [-0.39, 0.29) is 5.69 Å².